The maximum Gasteiger partial charge on any atom is 0.305 e. The van der Waals surface area contributed by atoms with Crippen LogP contribution >= 0.6 is 0 Å². The fourth-order valence-electron chi connectivity index (χ4n) is 1.70. The number of hydrogen-bond donors (Lipinski definition) is 2. The largest absolute Gasteiger partial charge is 0.481 e. The van der Waals surface area contributed by atoms with E-state index in [-0.39, 0.29) is 24.8 Å². The molecule has 0 bridgehead atoms. The van der Waals surface area contributed by atoms with Crippen molar-refractivity contribution in [3.05, 3.63) is 29.3 Å². The van der Waals surface area contributed by atoms with Gasteiger partial charge in [0.05, 0.1) is 6.42 Å². The van der Waals surface area contributed by atoms with E-state index in [2.05, 4.69) is 5.32 Å². The van der Waals surface area contributed by atoms with Crippen LogP contribution in [0.15, 0.2) is 18.2 Å². The van der Waals surface area contributed by atoms with Crippen LogP contribution in [0.4, 0.5) is 5.69 Å². The molecule has 0 aromatic heterocycles. The molecule has 6 nitrogen and oxygen atoms in total. The Morgan fingerprint density at radius 1 is 1.30 bits per heavy atom. The number of amides is 2. The van der Waals surface area contributed by atoms with Crippen LogP contribution in [0.25, 0.3) is 0 Å². The van der Waals surface area contributed by atoms with Gasteiger partial charge in [0.2, 0.25) is 5.91 Å². The molecule has 0 radical (unpaired) electrons. The van der Waals surface area contributed by atoms with Gasteiger partial charge in [-0.3, -0.25) is 14.4 Å². The minimum Gasteiger partial charge on any atom is -0.481 e. The Bertz CT molecular complexity index is 540. The van der Waals surface area contributed by atoms with E-state index in [0.717, 1.165) is 5.56 Å². The molecule has 0 heterocycles. The summed E-state index contributed by atoms with van der Waals surface area (Å²) in [6.45, 7) is 3.31. The Labute approximate surface area is 117 Å². The van der Waals surface area contributed by atoms with Gasteiger partial charge in [0.1, 0.15) is 0 Å². The third kappa shape index (κ3) is 4.38. The number of hydrogen-bond acceptors (Lipinski definition) is 3. The zero-order valence-electron chi connectivity index (χ0n) is 11.8. The van der Waals surface area contributed by atoms with Crippen molar-refractivity contribution < 1.29 is 19.5 Å². The maximum absolute atomic E-state index is 12.2. The first kappa shape index (κ1) is 15.7. The topological polar surface area (TPSA) is 86.7 Å². The van der Waals surface area contributed by atoms with Crippen LogP contribution in [-0.2, 0) is 9.59 Å². The first-order chi connectivity index (χ1) is 9.31. The third-order valence-electron chi connectivity index (χ3n) is 2.80. The number of benzene rings is 1. The Morgan fingerprint density at radius 3 is 2.50 bits per heavy atom. The number of nitrogens with zero attached hydrogens (tertiary/aromatic N) is 1. The second kappa shape index (κ2) is 6.70. The van der Waals surface area contributed by atoms with Crippen molar-refractivity contribution in [2.24, 2.45) is 0 Å². The molecular formula is C14H18N2O4. The van der Waals surface area contributed by atoms with Crippen LogP contribution in [-0.4, -0.2) is 41.4 Å². The van der Waals surface area contributed by atoms with Crippen LogP contribution in [0.3, 0.4) is 0 Å². The number of anilines is 1. The second-order valence-corrected chi connectivity index (χ2v) is 4.58. The van der Waals surface area contributed by atoms with E-state index in [1.165, 1.54) is 11.8 Å². The standard InChI is InChI=1S/C14H18N2O4/c1-9-4-5-11(15-10(2)17)8-12(9)14(20)16(3)7-6-13(18)19/h4-5,8H,6-7H2,1-3H3,(H,15,17)(H,18,19). The Balaban J connectivity index is 2.90. The molecule has 2 N–H and O–H groups in total. The molecule has 0 aliphatic heterocycles. The quantitative estimate of drug-likeness (QED) is 0.854. The second-order valence-electron chi connectivity index (χ2n) is 4.58. The summed E-state index contributed by atoms with van der Waals surface area (Å²) in [7, 11) is 1.55. The van der Waals surface area contributed by atoms with Crippen molar-refractivity contribution in [3.8, 4) is 0 Å². The zero-order chi connectivity index (χ0) is 15.3. The molecule has 0 unspecified atom stereocenters. The van der Waals surface area contributed by atoms with Crippen LogP contribution in [0, 0.1) is 6.92 Å². The van der Waals surface area contributed by atoms with Gasteiger partial charge in [-0.15, -0.1) is 0 Å². The highest BCUT2D eigenvalue weighted by Gasteiger charge is 2.15. The predicted octanol–water partition coefficient (Wildman–Crippen LogP) is 1.50. The van der Waals surface area contributed by atoms with E-state index in [9.17, 15) is 14.4 Å². The zero-order valence-corrected chi connectivity index (χ0v) is 11.8. The number of aliphatic carboxylic acids is 1. The Morgan fingerprint density at radius 2 is 1.95 bits per heavy atom. The summed E-state index contributed by atoms with van der Waals surface area (Å²) in [5.74, 6) is -1.43. The van der Waals surface area contributed by atoms with Crippen molar-refractivity contribution in [2.75, 3.05) is 18.9 Å². The lowest BCUT2D eigenvalue weighted by Gasteiger charge is -2.18. The number of carboxylic acids is 1. The lowest BCUT2D eigenvalue weighted by Crippen LogP contribution is -2.29. The Hall–Kier alpha value is -2.37. The van der Waals surface area contributed by atoms with E-state index in [4.69, 9.17) is 5.11 Å². The molecule has 0 atom stereocenters. The monoisotopic (exact) mass is 278 g/mol. The first-order valence-corrected chi connectivity index (χ1v) is 6.16. The maximum atomic E-state index is 12.2. The van der Waals surface area contributed by atoms with Gasteiger partial charge in [0.15, 0.2) is 0 Å². The van der Waals surface area contributed by atoms with Gasteiger partial charge in [0.25, 0.3) is 5.91 Å². The highest BCUT2D eigenvalue weighted by atomic mass is 16.4. The number of carbonyl (C=O) groups is 3. The van der Waals surface area contributed by atoms with E-state index in [1.54, 1.807) is 32.2 Å². The molecule has 0 aliphatic rings. The molecule has 0 saturated heterocycles. The molecule has 1 aromatic carbocycles. The van der Waals surface area contributed by atoms with Gasteiger partial charge in [0, 0.05) is 31.8 Å². The average molecular weight is 278 g/mol. The number of carboxylic acid groups (broad SMARTS) is 1. The molecule has 0 saturated carbocycles. The first-order valence-electron chi connectivity index (χ1n) is 6.16. The molecule has 20 heavy (non-hydrogen) atoms. The molecule has 2 amide bonds. The van der Waals surface area contributed by atoms with Crippen molar-refractivity contribution in [2.45, 2.75) is 20.3 Å². The summed E-state index contributed by atoms with van der Waals surface area (Å²) >= 11 is 0. The predicted molar refractivity (Wildman–Crippen MR) is 74.7 cm³/mol. The summed E-state index contributed by atoms with van der Waals surface area (Å²) in [4.78, 5) is 35.1. The van der Waals surface area contributed by atoms with Gasteiger partial charge in [-0.1, -0.05) is 6.07 Å². The third-order valence-corrected chi connectivity index (χ3v) is 2.80. The highest BCUT2D eigenvalue weighted by Crippen LogP contribution is 2.17. The summed E-state index contributed by atoms with van der Waals surface area (Å²) in [6, 6.07) is 5.05. The molecule has 1 aromatic rings. The molecule has 6 heteroatoms. The van der Waals surface area contributed by atoms with Crippen LogP contribution in [0.2, 0.25) is 0 Å². The van der Waals surface area contributed by atoms with Crippen LogP contribution < -0.4 is 5.32 Å². The summed E-state index contributed by atoms with van der Waals surface area (Å²) in [5.41, 5.74) is 1.76. The van der Waals surface area contributed by atoms with E-state index in [1.807, 2.05) is 0 Å². The molecule has 0 fully saturated rings. The van der Waals surface area contributed by atoms with Gasteiger partial charge in [-0.05, 0) is 24.6 Å². The van der Waals surface area contributed by atoms with Crippen LogP contribution in [0.5, 0.6) is 0 Å². The number of carbonyl (C=O) groups excluding carboxylic acids is 2. The number of aryl methyl sites for hydroxylation is 1. The van der Waals surface area contributed by atoms with E-state index in [0.29, 0.717) is 11.3 Å². The Kier molecular flexibility index (Phi) is 5.25. The fraction of sp³-hybridized carbons (Fsp3) is 0.357. The van der Waals surface area contributed by atoms with Gasteiger partial charge in [-0.25, -0.2) is 0 Å². The lowest BCUT2D eigenvalue weighted by atomic mass is 10.1. The van der Waals surface area contributed by atoms with Crippen molar-refractivity contribution >= 4 is 23.5 Å². The van der Waals surface area contributed by atoms with Gasteiger partial charge in [-0.2, -0.15) is 0 Å². The summed E-state index contributed by atoms with van der Waals surface area (Å²) < 4.78 is 0. The number of nitrogens with one attached hydrogen (secondary N) is 1. The fourth-order valence-corrected chi connectivity index (χ4v) is 1.70. The molecule has 0 spiro atoms. The molecule has 0 aliphatic carbocycles. The molecular weight excluding hydrogens is 260 g/mol. The normalized spacial score (nSPS) is 9.95. The van der Waals surface area contributed by atoms with Crippen molar-refractivity contribution in [1.82, 2.24) is 4.90 Å². The SMILES string of the molecule is CC(=O)Nc1ccc(C)c(C(=O)N(C)CCC(=O)O)c1. The van der Waals surface area contributed by atoms with Gasteiger partial charge >= 0.3 is 5.97 Å². The molecule has 1 rings (SSSR count). The highest BCUT2D eigenvalue weighted by molar-refractivity contribution is 5.98. The molecule has 108 valence electrons. The minimum atomic E-state index is -0.951. The summed E-state index contributed by atoms with van der Waals surface area (Å²) in [6.07, 6.45) is -0.104. The van der Waals surface area contributed by atoms with Crippen molar-refractivity contribution in [1.29, 1.82) is 0 Å². The van der Waals surface area contributed by atoms with E-state index < -0.39 is 5.97 Å². The smallest absolute Gasteiger partial charge is 0.305 e. The lowest BCUT2D eigenvalue weighted by molar-refractivity contribution is -0.137. The van der Waals surface area contributed by atoms with Crippen molar-refractivity contribution in [3.63, 3.8) is 0 Å². The summed E-state index contributed by atoms with van der Waals surface area (Å²) in [5, 5.41) is 11.2. The average Bonchev–Trinajstić information content (AvgIpc) is 2.36. The van der Waals surface area contributed by atoms with Crippen LogP contribution in [0.1, 0.15) is 29.3 Å². The van der Waals surface area contributed by atoms with E-state index >= 15 is 0 Å². The minimum absolute atomic E-state index is 0.104. The number of rotatable bonds is 5. The van der Waals surface area contributed by atoms with Gasteiger partial charge < -0.3 is 15.3 Å².